The van der Waals surface area contributed by atoms with E-state index in [1.165, 1.54) is 0 Å². The Labute approximate surface area is 156 Å². The van der Waals surface area contributed by atoms with Gasteiger partial charge in [-0.05, 0) is 48.9 Å². The number of carbonyl (C=O) groups excluding carboxylic acids is 2. The molecule has 0 aromatic heterocycles. The van der Waals surface area contributed by atoms with Crippen LogP contribution in [0.1, 0.15) is 16.8 Å². The highest BCUT2D eigenvalue weighted by Crippen LogP contribution is 2.28. The van der Waals surface area contributed by atoms with Gasteiger partial charge in [0.25, 0.3) is 11.8 Å². The smallest absolute Gasteiger partial charge is 0.262 e. The van der Waals surface area contributed by atoms with Gasteiger partial charge in [-0.3, -0.25) is 9.59 Å². The van der Waals surface area contributed by atoms with Gasteiger partial charge >= 0.3 is 0 Å². The van der Waals surface area contributed by atoms with Crippen molar-refractivity contribution in [1.82, 2.24) is 4.90 Å². The summed E-state index contributed by atoms with van der Waals surface area (Å²) in [4.78, 5) is 25.4. The molecule has 0 saturated carbocycles. The van der Waals surface area contributed by atoms with Crippen LogP contribution in [0.4, 0.5) is 5.69 Å². The molecular formula is C19H19ClN2O4. The molecule has 1 N–H and O–H groups in total. The van der Waals surface area contributed by atoms with Gasteiger partial charge in [0.1, 0.15) is 11.5 Å². The van der Waals surface area contributed by atoms with Crippen LogP contribution in [0.5, 0.6) is 11.5 Å². The molecule has 1 heterocycles. The first-order chi connectivity index (χ1) is 12.5. The average molecular weight is 375 g/mol. The SMILES string of the molecule is CN(CCCOc1ccc(Cl)cc1)C(=O)c1ccc2c(c1)OCC(=O)N2. The summed E-state index contributed by atoms with van der Waals surface area (Å²) in [7, 11) is 1.74. The predicted octanol–water partition coefficient (Wildman–Crippen LogP) is 3.21. The lowest BCUT2D eigenvalue weighted by molar-refractivity contribution is -0.118. The van der Waals surface area contributed by atoms with Crippen LogP contribution in [0.3, 0.4) is 0 Å². The monoisotopic (exact) mass is 374 g/mol. The summed E-state index contributed by atoms with van der Waals surface area (Å²) in [5.74, 6) is 0.946. The second kappa shape index (κ2) is 8.10. The van der Waals surface area contributed by atoms with Crippen molar-refractivity contribution in [1.29, 1.82) is 0 Å². The Bertz CT molecular complexity index is 808. The van der Waals surface area contributed by atoms with Crippen molar-refractivity contribution >= 4 is 29.1 Å². The molecule has 0 unspecified atom stereocenters. The minimum absolute atomic E-state index is 0.0392. The summed E-state index contributed by atoms with van der Waals surface area (Å²) >= 11 is 5.83. The molecule has 26 heavy (non-hydrogen) atoms. The summed E-state index contributed by atoms with van der Waals surface area (Å²) < 4.78 is 11.0. The van der Waals surface area contributed by atoms with E-state index in [4.69, 9.17) is 21.1 Å². The van der Waals surface area contributed by atoms with E-state index in [-0.39, 0.29) is 18.4 Å². The van der Waals surface area contributed by atoms with Crippen molar-refractivity contribution in [3.05, 3.63) is 53.1 Å². The largest absolute Gasteiger partial charge is 0.494 e. The Morgan fingerprint density at radius 3 is 2.81 bits per heavy atom. The molecule has 0 bridgehead atoms. The maximum Gasteiger partial charge on any atom is 0.262 e. The number of carbonyl (C=O) groups is 2. The van der Waals surface area contributed by atoms with E-state index in [1.807, 2.05) is 12.1 Å². The standard InChI is InChI=1S/C19H19ClN2O4/c1-22(9-2-10-25-15-6-4-14(20)5-7-15)19(24)13-3-8-16-17(11-13)26-12-18(23)21-16/h3-8,11H,2,9-10,12H2,1H3,(H,21,23). The molecule has 6 nitrogen and oxygen atoms in total. The normalized spacial score (nSPS) is 12.6. The van der Waals surface area contributed by atoms with Gasteiger partial charge in [0.05, 0.1) is 12.3 Å². The molecule has 0 fully saturated rings. The van der Waals surface area contributed by atoms with Gasteiger partial charge in [-0.2, -0.15) is 0 Å². The molecule has 0 aliphatic carbocycles. The third-order valence-electron chi connectivity index (χ3n) is 3.93. The first-order valence-electron chi connectivity index (χ1n) is 8.23. The van der Waals surface area contributed by atoms with Crippen LogP contribution in [-0.4, -0.2) is 43.5 Å². The van der Waals surface area contributed by atoms with E-state index in [0.717, 1.165) is 5.75 Å². The highest BCUT2D eigenvalue weighted by molar-refractivity contribution is 6.30. The van der Waals surface area contributed by atoms with E-state index in [1.54, 1.807) is 42.3 Å². The van der Waals surface area contributed by atoms with Crippen molar-refractivity contribution in [2.45, 2.75) is 6.42 Å². The van der Waals surface area contributed by atoms with Crippen LogP contribution in [0.2, 0.25) is 5.02 Å². The van der Waals surface area contributed by atoms with Gasteiger partial charge in [0.15, 0.2) is 6.61 Å². The van der Waals surface area contributed by atoms with Crippen LogP contribution in [-0.2, 0) is 4.79 Å². The fraction of sp³-hybridized carbons (Fsp3) is 0.263. The number of fused-ring (bicyclic) bond motifs is 1. The van der Waals surface area contributed by atoms with Crippen LogP contribution in [0, 0.1) is 0 Å². The number of amides is 2. The summed E-state index contributed by atoms with van der Waals surface area (Å²) in [5.41, 5.74) is 1.10. The van der Waals surface area contributed by atoms with Gasteiger partial charge in [0, 0.05) is 24.2 Å². The lowest BCUT2D eigenvalue weighted by atomic mass is 10.1. The Hall–Kier alpha value is -2.73. The lowest BCUT2D eigenvalue weighted by Crippen LogP contribution is -2.29. The first-order valence-corrected chi connectivity index (χ1v) is 8.61. The molecule has 2 aromatic rings. The summed E-state index contributed by atoms with van der Waals surface area (Å²) in [6.07, 6.45) is 0.697. The highest BCUT2D eigenvalue weighted by Gasteiger charge is 2.19. The molecule has 1 aliphatic heterocycles. The second-order valence-electron chi connectivity index (χ2n) is 5.93. The third-order valence-corrected chi connectivity index (χ3v) is 4.18. The molecule has 0 radical (unpaired) electrons. The highest BCUT2D eigenvalue weighted by atomic mass is 35.5. The number of halogens is 1. The van der Waals surface area contributed by atoms with E-state index in [9.17, 15) is 9.59 Å². The number of nitrogens with one attached hydrogen (secondary N) is 1. The van der Waals surface area contributed by atoms with Gasteiger partial charge in [0.2, 0.25) is 0 Å². The van der Waals surface area contributed by atoms with Crippen molar-refractivity contribution < 1.29 is 19.1 Å². The minimum Gasteiger partial charge on any atom is -0.494 e. The average Bonchev–Trinajstić information content (AvgIpc) is 2.65. The number of nitrogens with zero attached hydrogens (tertiary/aromatic N) is 1. The van der Waals surface area contributed by atoms with Crippen LogP contribution in [0.15, 0.2) is 42.5 Å². The topological polar surface area (TPSA) is 67.9 Å². The summed E-state index contributed by atoms with van der Waals surface area (Å²) in [6.45, 7) is 1.02. The molecule has 7 heteroatoms. The Kier molecular flexibility index (Phi) is 5.63. The van der Waals surface area contributed by atoms with Gasteiger partial charge in [-0.25, -0.2) is 0 Å². The molecule has 136 valence electrons. The Balaban J connectivity index is 1.50. The molecule has 1 aliphatic rings. The van der Waals surface area contributed by atoms with Crippen LogP contribution >= 0.6 is 11.6 Å². The lowest BCUT2D eigenvalue weighted by Gasteiger charge is -2.21. The fourth-order valence-corrected chi connectivity index (χ4v) is 2.68. The number of anilines is 1. The number of hydrogen-bond donors (Lipinski definition) is 1. The van der Waals surface area contributed by atoms with E-state index < -0.39 is 0 Å². The molecule has 0 spiro atoms. The quantitative estimate of drug-likeness (QED) is 0.788. The molecule has 2 aromatic carbocycles. The summed E-state index contributed by atoms with van der Waals surface area (Å²) in [5, 5.41) is 3.37. The molecular weight excluding hydrogens is 356 g/mol. The van der Waals surface area contributed by atoms with Crippen molar-refractivity contribution in [3.63, 3.8) is 0 Å². The zero-order valence-corrected chi connectivity index (χ0v) is 15.1. The maximum absolute atomic E-state index is 12.5. The molecule has 2 amide bonds. The molecule has 0 atom stereocenters. The first kappa shape index (κ1) is 18.1. The van der Waals surface area contributed by atoms with Crippen molar-refractivity contribution in [2.24, 2.45) is 0 Å². The predicted molar refractivity (Wildman–Crippen MR) is 99.1 cm³/mol. The maximum atomic E-state index is 12.5. The Morgan fingerprint density at radius 1 is 1.27 bits per heavy atom. The number of rotatable bonds is 6. The number of ether oxygens (including phenoxy) is 2. The number of benzene rings is 2. The van der Waals surface area contributed by atoms with Crippen molar-refractivity contribution in [3.8, 4) is 11.5 Å². The second-order valence-corrected chi connectivity index (χ2v) is 6.37. The molecule has 0 saturated heterocycles. The zero-order chi connectivity index (χ0) is 18.5. The van der Waals surface area contributed by atoms with Gasteiger partial charge < -0.3 is 19.7 Å². The number of hydrogen-bond acceptors (Lipinski definition) is 4. The van der Waals surface area contributed by atoms with Crippen LogP contribution in [0.25, 0.3) is 0 Å². The molecule has 3 rings (SSSR count). The van der Waals surface area contributed by atoms with E-state index in [2.05, 4.69) is 5.32 Å². The van der Waals surface area contributed by atoms with Crippen LogP contribution < -0.4 is 14.8 Å². The Morgan fingerprint density at radius 2 is 2.04 bits per heavy atom. The van der Waals surface area contributed by atoms with Crippen molar-refractivity contribution in [2.75, 3.05) is 32.1 Å². The van der Waals surface area contributed by atoms with E-state index >= 15 is 0 Å². The van der Waals surface area contributed by atoms with Gasteiger partial charge in [-0.15, -0.1) is 0 Å². The minimum atomic E-state index is -0.200. The fourth-order valence-electron chi connectivity index (χ4n) is 2.55. The summed E-state index contributed by atoms with van der Waals surface area (Å²) in [6, 6.07) is 12.2. The van der Waals surface area contributed by atoms with E-state index in [0.29, 0.717) is 41.6 Å². The van der Waals surface area contributed by atoms with Gasteiger partial charge in [-0.1, -0.05) is 11.6 Å². The zero-order valence-electron chi connectivity index (χ0n) is 14.3. The third kappa shape index (κ3) is 4.46.